The molecule has 136 valence electrons. The van der Waals surface area contributed by atoms with Gasteiger partial charge in [0.2, 0.25) is 0 Å². The van der Waals surface area contributed by atoms with Gasteiger partial charge in [-0.15, -0.1) is 0 Å². The lowest BCUT2D eigenvalue weighted by Gasteiger charge is -2.21. The fourth-order valence-corrected chi connectivity index (χ4v) is 2.42. The van der Waals surface area contributed by atoms with Crippen LogP contribution < -0.4 is 0 Å². The first-order valence-electron chi connectivity index (χ1n) is 8.37. The van der Waals surface area contributed by atoms with Crippen LogP contribution in [0.2, 0.25) is 0 Å². The predicted octanol–water partition coefficient (Wildman–Crippen LogP) is 5.54. The first-order chi connectivity index (χ1) is 12.5. The van der Waals surface area contributed by atoms with Gasteiger partial charge in [-0.1, -0.05) is 58.4 Å². The molecule has 1 amide bonds. The van der Waals surface area contributed by atoms with E-state index in [9.17, 15) is 4.79 Å². The molecule has 0 unspecified atom stereocenters. The number of aliphatic imine (C=N–C) groups is 1. The van der Waals surface area contributed by atoms with Crippen molar-refractivity contribution in [3.05, 3.63) is 76.4 Å². The Hall–Kier alpha value is -2.40. The van der Waals surface area contributed by atoms with Crippen molar-refractivity contribution in [3.63, 3.8) is 0 Å². The lowest BCUT2D eigenvalue weighted by molar-refractivity contribution is 0.102. The van der Waals surface area contributed by atoms with Crippen LogP contribution in [0.5, 0.6) is 0 Å². The molecule has 0 aliphatic rings. The van der Waals surface area contributed by atoms with E-state index in [-0.39, 0.29) is 18.7 Å². The second-order valence-corrected chi connectivity index (χ2v) is 6.92. The van der Waals surface area contributed by atoms with Gasteiger partial charge in [0.15, 0.2) is 0 Å². The summed E-state index contributed by atoms with van der Waals surface area (Å²) in [6, 6.07) is 17.5. The third kappa shape index (κ3) is 6.15. The first kappa shape index (κ1) is 19.9. The molecule has 0 saturated heterocycles. The van der Waals surface area contributed by atoms with Gasteiger partial charge in [-0.25, -0.2) is 4.79 Å². The molecular formula is C21H23BrN2O2. The lowest BCUT2D eigenvalue weighted by Crippen LogP contribution is -2.36. The number of halogens is 1. The molecular weight excluding hydrogens is 392 g/mol. The van der Waals surface area contributed by atoms with E-state index in [1.54, 1.807) is 19.5 Å². The maximum absolute atomic E-state index is 12.1. The standard InChI is InChI=1S/C21H23BrN2O2/c1-16(19-9-11-20(22)12-10-19)13-23-14-17(2)24(3)21(25)26-15-18-7-5-4-6-8-18/h4-14,17H,15H2,1-3H3/b16-13+,23-14+/t17-/m0/s1. The van der Waals surface area contributed by atoms with Crippen LogP contribution in [0.1, 0.15) is 25.0 Å². The molecule has 0 N–H and O–H groups in total. The Morgan fingerprint density at radius 2 is 1.85 bits per heavy atom. The summed E-state index contributed by atoms with van der Waals surface area (Å²) in [4.78, 5) is 18.0. The van der Waals surface area contributed by atoms with Gasteiger partial charge in [-0.05, 0) is 42.7 Å². The normalized spacial score (nSPS) is 12.8. The van der Waals surface area contributed by atoms with Crippen molar-refractivity contribution >= 4 is 33.8 Å². The van der Waals surface area contributed by atoms with Gasteiger partial charge in [0, 0.05) is 23.9 Å². The number of nitrogens with zero attached hydrogens (tertiary/aromatic N) is 2. The van der Waals surface area contributed by atoms with E-state index in [0.29, 0.717) is 0 Å². The minimum atomic E-state index is -0.374. The first-order valence-corrected chi connectivity index (χ1v) is 9.16. The zero-order valence-electron chi connectivity index (χ0n) is 15.2. The summed E-state index contributed by atoms with van der Waals surface area (Å²) in [5.74, 6) is 0. The molecule has 1 atom stereocenters. The molecule has 0 fully saturated rings. The topological polar surface area (TPSA) is 41.9 Å². The van der Waals surface area contributed by atoms with Crippen molar-refractivity contribution in [1.29, 1.82) is 0 Å². The van der Waals surface area contributed by atoms with Crippen molar-refractivity contribution in [1.82, 2.24) is 4.90 Å². The molecule has 0 bridgehead atoms. The number of rotatable bonds is 6. The highest BCUT2D eigenvalue weighted by Gasteiger charge is 2.15. The van der Waals surface area contributed by atoms with Gasteiger partial charge in [0.05, 0.1) is 6.04 Å². The number of ether oxygens (including phenoxy) is 1. The molecule has 2 aromatic rings. The van der Waals surface area contributed by atoms with Gasteiger partial charge >= 0.3 is 6.09 Å². The number of benzene rings is 2. The zero-order valence-corrected chi connectivity index (χ0v) is 16.8. The van der Waals surface area contributed by atoms with Crippen LogP contribution in [-0.4, -0.2) is 30.3 Å². The second-order valence-electron chi connectivity index (χ2n) is 6.01. The Morgan fingerprint density at radius 1 is 1.19 bits per heavy atom. The maximum atomic E-state index is 12.1. The molecule has 4 nitrogen and oxygen atoms in total. The number of hydrogen-bond acceptors (Lipinski definition) is 3. The third-order valence-electron chi connectivity index (χ3n) is 3.97. The van der Waals surface area contributed by atoms with Crippen LogP contribution in [0.15, 0.2) is 70.3 Å². The highest BCUT2D eigenvalue weighted by Crippen LogP contribution is 2.17. The van der Waals surface area contributed by atoms with E-state index in [0.717, 1.165) is 21.2 Å². The summed E-state index contributed by atoms with van der Waals surface area (Å²) in [6.07, 6.45) is 3.15. The van der Waals surface area contributed by atoms with Crippen LogP contribution in [0.25, 0.3) is 5.57 Å². The van der Waals surface area contributed by atoms with Crippen LogP contribution in [0, 0.1) is 0 Å². The minimum absolute atomic E-state index is 0.174. The van der Waals surface area contributed by atoms with Crippen molar-refractivity contribution in [2.24, 2.45) is 4.99 Å². The largest absolute Gasteiger partial charge is 0.445 e. The minimum Gasteiger partial charge on any atom is -0.445 e. The summed E-state index contributed by atoms with van der Waals surface area (Å²) in [5, 5.41) is 0. The Labute approximate surface area is 163 Å². The molecule has 0 saturated carbocycles. The van der Waals surface area contributed by atoms with Gasteiger partial charge in [0.1, 0.15) is 6.61 Å². The van der Waals surface area contributed by atoms with Gasteiger partial charge in [-0.2, -0.15) is 0 Å². The summed E-state index contributed by atoms with van der Waals surface area (Å²) in [6.45, 7) is 4.16. The number of allylic oxidation sites excluding steroid dienone is 1. The molecule has 2 aromatic carbocycles. The van der Waals surface area contributed by atoms with Gasteiger partial charge < -0.3 is 9.64 Å². The van der Waals surface area contributed by atoms with Crippen molar-refractivity contribution in [2.75, 3.05) is 7.05 Å². The summed E-state index contributed by atoms with van der Waals surface area (Å²) < 4.78 is 6.37. The van der Waals surface area contributed by atoms with Gasteiger partial charge in [0.25, 0.3) is 0 Å². The summed E-state index contributed by atoms with van der Waals surface area (Å²) in [7, 11) is 1.70. The number of amides is 1. The molecule has 0 spiro atoms. The van der Waals surface area contributed by atoms with Crippen molar-refractivity contribution in [3.8, 4) is 0 Å². The molecule has 0 aliphatic carbocycles. The Kier molecular flexibility index (Phi) is 7.60. The van der Waals surface area contributed by atoms with E-state index in [1.807, 2.05) is 68.4 Å². The van der Waals surface area contributed by atoms with E-state index < -0.39 is 0 Å². The van der Waals surface area contributed by atoms with Crippen molar-refractivity contribution in [2.45, 2.75) is 26.5 Å². The van der Waals surface area contributed by atoms with Crippen LogP contribution in [0.3, 0.4) is 0 Å². The van der Waals surface area contributed by atoms with E-state index in [1.165, 1.54) is 4.90 Å². The van der Waals surface area contributed by atoms with Crippen LogP contribution >= 0.6 is 15.9 Å². The molecule has 26 heavy (non-hydrogen) atoms. The zero-order chi connectivity index (χ0) is 18.9. The van der Waals surface area contributed by atoms with Crippen LogP contribution in [0.4, 0.5) is 4.79 Å². The maximum Gasteiger partial charge on any atom is 0.410 e. The van der Waals surface area contributed by atoms with Crippen molar-refractivity contribution < 1.29 is 9.53 Å². The van der Waals surface area contributed by atoms with Gasteiger partial charge in [-0.3, -0.25) is 4.99 Å². The van der Waals surface area contributed by atoms with E-state index >= 15 is 0 Å². The highest BCUT2D eigenvalue weighted by molar-refractivity contribution is 9.10. The number of carbonyl (C=O) groups excluding carboxylic acids is 1. The third-order valence-corrected chi connectivity index (χ3v) is 4.50. The molecule has 5 heteroatoms. The number of carbonyl (C=O) groups is 1. The molecule has 0 aromatic heterocycles. The summed E-state index contributed by atoms with van der Waals surface area (Å²) in [5.41, 5.74) is 3.12. The van der Waals surface area contributed by atoms with Crippen LogP contribution in [-0.2, 0) is 11.3 Å². The lowest BCUT2D eigenvalue weighted by atomic mass is 10.1. The summed E-state index contributed by atoms with van der Waals surface area (Å²) >= 11 is 3.42. The highest BCUT2D eigenvalue weighted by atomic mass is 79.9. The number of hydrogen-bond donors (Lipinski definition) is 0. The molecule has 0 radical (unpaired) electrons. The van der Waals surface area contributed by atoms with E-state index in [2.05, 4.69) is 20.9 Å². The smallest absolute Gasteiger partial charge is 0.410 e. The fraction of sp³-hybridized carbons (Fsp3) is 0.238. The average Bonchev–Trinajstić information content (AvgIpc) is 2.66. The Morgan fingerprint density at radius 3 is 2.50 bits per heavy atom. The average molecular weight is 415 g/mol. The SMILES string of the molecule is C/C(=C\N=C\[C@H](C)N(C)C(=O)OCc1ccccc1)c1ccc(Br)cc1. The molecule has 2 rings (SSSR count). The van der Waals surface area contributed by atoms with E-state index in [4.69, 9.17) is 4.74 Å². The molecule has 0 aliphatic heterocycles. The predicted molar refractivity (Wildman–Crippen MR) is 110 cm³/mol. The Balaban J connectivity index is 1.87. The monoisotopic (exact) mass is 414 g/mol. The second kappa shape index (κ2) is 9.92. The quantitative estimate of drug-likeness (QED) is 0.582. The fourth-order valence-electron chi connectivity index (χ4n) is 2.15. The Bertz CT molecular complexity index is 770. The molecule has 0 heterocycles.